The average molecular weight is 298 g/mol. The zero-order chi connectivity index (χ0) is 14.4. The first-order valence-corrected chi connectivity index (χ1v) is 6.80. The van der Waals surface area contributed by atoms with Crippen molar-refractivity contribution in [2.24, 2.45) is 17.8 Å². The van der Waals surface area contributed by atoms with Gasteiger partial charge in [0.1, 0.15) is 5.82 Å². The quantitative estimate of drug-likeness (QED) is 0.926. The Morgan fingerprint density at radius 1 is 1.35 bits per heavy atom. The number of aliphatic carboxylic acids is 1. The van der Waals surface area contributed by atoms with Crippen molar-refractivity contribution < 1.29 is 19.1 Å². The molecule has 3 atom stereocenters. The molecule has 1 heterocycles. The summed E-state index contributed by atoms with van der Waals surface area (Å²) in [5.41, 5.74) is 0.203. The van der Waals surface area contributed by atoms with Gasteiger partial charge in [-0.1, -0.05) is 17.7 Å². The molecule has 2 fully saturated rings. The lowest BCUT2D eigenvalue weighted by atomic mass is 10.1. The van der Waals surface area contributed by atoms with Crippen molar-refractivity contribution in [3.05, 3.63) is 34.6 Å². The molecule has 0 bridgehead atoms. The highest BCUT2D eigenvalue weighted by atomic mass is 35.5. The van der Waals surface area contributed by atoms with Gasteiger partial charge in [-0.25, -0.2) is 4.39 Å². The minimum absolute atomic E-state index is 0.0625. The van der Waals surface area contributed by atoms with Gasteiger partial charge in [-0.2, -0.15) is 0 Å². The number of piperidine rings is 1. The summed E-state index contributed by atoms with van der Waals surface area (Å²) in [5.74, 6) is -1.66. The fourth-order valence-corrected chi connectivity index (χ4v) is 3.29. The number of amides is 1. The minimum atomic E-state index is -0.788. The summed E-state index contributed by atoms with van der Waals surface area (Å²) in [6.07, 6.45) is -0.0807. The largest absolute Gasteiger partial charge is 0.481 e. The summed E-state index contributed by atoms with van der Waals surface area (Å²) in [5, 5.41) is 9.16. The molecule has 1 aliphatic heterocycles. The summed E-state index contributed by atoms with van der Waals surface area (Å²) in [6, 6.07) is 4.32. The molecule has 1 aromatic carbocycles. The van der Waals surface area contributed by atoms with Crippen molar-refractivity contribution in [2.45, 2.75) is 6.42 Å². The maximum Gasteiger partial charge on any atom is 0.307 e. The van der Waals surface area contributed by atoms with E-state index < -0.39 is 11.8 Å². The van der Waals surface area contributed by atoms with Crippen LogP contribution in [0.5, 0.6) is 0 Å². The summed E-state index contributed by atoms with van der Waals surface area (Å²) < 4.78 is 13.6. The van der Waals surface area contributed by atoms with Gasteiger partial charge in [0.25, 0.3) is 0 Å². The molecular weight excluding hydrogens is 285 g/mol. The fraction of sp³-hybridized carbons (Fsp3) is 0.429. The SMILES string of the molecule is O=C(O)C1[C@H]2CN(C(=O)Cc3c(F)cccc3Cl)C[C@@H]12. The van der Waals surface area contributed by atoms with E-state index in [4.69, 9.17) is 16.7 Å². The Kier molecular flexibility index (Phi) is 3.17. The Morgan fingerprint density at radius 2 is 2.00 bits per heavy atom. The summed E-state index contributed by atoms with van der Waals surface area (Å²) in [6.45, 7) is 0.902. The first kappa shape index (κ1) is 13.4. The molecule has 1 N–H and O–H groups in total. The smallest absolute Gasteiger partial charge is 0.307 e. The summed E-state index contributed by atoms with van der Waals surface area (Å²) in [7, 11) is 0. The predicted molar refractivity (Wildman–Crippen MR) is 69.8 cm³/mol. The molecule has 1 aromatic rings. The van der Waals surface area contributed by atoms with E-state index in [1.54, 1.807) is 11.0 Å². The number of carbonyl (C=O) groups excluding carboxylic acids is 1. The van der Waals surface area contributed by atoms with E-state index in [0.29, 0.717) is 13.1 Å². The van der Waals surface area contributed by atoms with E-state index in [0.717, 1.165) is 0 Å². The second-order valence-electron chi connectivity index (χ2n) is 5.37. The normalized spacial score (nSPS) is 27.3. The maximum atomic E-state index is 13.6. The number of hydrogen-bond donors (Lipinski definition) is 1. The highest BCUT2D eigenvalue weighted by Gasteiger charge is 2.60. The molecule has 1 saturated carbocycles. The van der Waals surface area contributed by atoms with Crippen LogP contribution < -0.4 is 0 Å². The Morgan fingerprint density at radius 3 is 2.55 bits per heavy atom. The summed E-state index contributed by atoms with van der Waals surface area (Å²) >= 11 is 5.89. The van der Waals surface area contributed by atoms with E-state index in [9.17, 15) is 14.0 Å². The number of rotatable bonds is 3. The van der Waals surface area contributed by atoms with Gasteiger partial charge < -0.3 is 10.0 Å². The van der Waals surface area contributed by atoms with Crippen LogP contribution in [0.4, 0.5) is 4.39 Å². The molecule has 1 saturated heterocycles. The van der Waals surface area contributed by atoms with Crippen molar-refractivity contribution in [3.8, 4) is 0 Å². The first-order chi connectivity index (χ1) is 9.49. The lowest BCUT2D eigenvalue weighted by Crippen LogP contribution is -2.33. The molecule has 1 amide bonds. The standard InChI is InChI=1S/C14H13ClFNO3/c15-10-2-1-3-11(16)7(10)4-12(18)17-5-8-9(6-17)13(8)14(19)20/h1-3,8-9,13H,4-6H2,(H,19,20)/t8-,9+,13?. The monoisotopic (exact) mass is 297 g/mol. The number of nitrogens with zero attached hydrogens (tertiary/aromatic N) is 1. The Balaban J connectivity index is 1.64. The highest BCUT2D eigenvalue weighted by molar-refractivity contribution is 6.31. The molecule has 1 unspecified atom stereocenters. The average Bonchev–Trinajstić information content (AvgIpc) is 2.90. The van der Waals surface area contributed by atoms with E-state index >= 15 is 0 Å². The van der Waals surface area contributed by atoms with Crippen molar-refractivity contribution in [1.29, 1.82) is 0 Å². The highest BCUT2D eigenvalue weighted by Crippen LogP contribution is 2.51. The lowest BCUT2D eigenvalue weighted by Gasteiger charge is -2.19. The van der Waals surface area contributed by atoms with E-state index in [1.165, 1.54) is 12.1 Å². The Bertz CT molecular complexity index is 560. The number of carboxylic acid groups (broad SMARTS) is 1. The van der Waals surface area contributed by atoms with Crippen molar-refractivity contribution in [2.75, 3.05) is 13.1 Å². The van der Waals surface area contributed by atoms with Crippen molar-refractivity contribution in [3.63, 3.8) is 0 Å². The molecule has 4 nitrogen and oxygen atoms in total. The van der Waals surface area contributed by atoms with Crippen LogP contribution in [0.3, 0.4) is 0 Å². The van der Waals surface area contributed by atoms with Gasteiger partial charge in [-0.05, 0) is 24.0 Å². The van der Waals surface area contributed by atoms with E-state index in [-0.39, 0.29) is 40.7 Å². The molecule has 1 aliphatic carbocycles. The number of likely N-dealkylation sites (tertiary alicyclic amines) is 1. The summed E-state index contributed by atoms with van der Waals surface area (Å²) in [4.78, 5) is 24.6. The molecule has 20 heavy (non-hydrogen) atoms. The molecule has 6 heteroatoms. The van der Waals surface area contributed by atoms with Crippen LogP contribution in [0.25, 0.3) is 0 Å². The lowest BCUT2D eigenvalue weighted by molar-refractivity contribution is -0.140. The van der Waals surface area contributed by atoms with Crippen LogP contribution in [0.15, 0.2) is 18.2 Å². The van der Waals surface area contributed by atoms with Crippen LogP contribution in [-0.2, 0) is 16.0 Å². The molecule has 3 rings (SSSR count). The predicted octanol–water partition coefficient (Wildman–Crippen LogP) is 1.81. The van der Waals surface area contributed by atoms with Gasteiger partial charge in [-0.15, -0.1) is 0 Å². The van der Waals surface area contributed by atoms with Crippen molar-refractivity contribution in [1.82, 2.24) is 4.90 Å². The van der Waals surface area contributed by atoms with Gasteiger partial charge >= 0.3 is 5.97 Å². The molecule has 0 radical (unpaired) electrons. The molecule has 106 valence electrons. The third kappa shape index (κ3) is 2.16. The Hall–Kier alpha value is -1.62. The maximum absolute atomic E-state index is 13.6. The zero-order valence-electron chi connectivity index (χ0n) is 10.6. The van der Waals surface area contributed by atoms with Crippen LogP contribution >= 0.6 is 11.6 Å². The van der Waals surface area contributed by atoms with Crippen molar-refractivity contribution >= 4 is 23.5 Å². The molecular formula is C14H13ClFNO3. The number of carboxylic acids is 1. The molecule has 0 aromatic heterocycles. The van der Waals surface area contributed by atoms with Gasteiger partial charge in [0.15, 0.2) is 0 Å². The topological polar surface area (TPSA) is 57.6 Å². The number of benzene rings is 1. The van der Waals surface area contributed by atoms with Crippen LogP contribution in [-0.4, -0.2) is 35.0 Å². The second kappa shape index (κ2) is 4.74. The fourth-order valence-electron chi connectivity index (χ4n) is 3.06. The third-order valence-electron chi connectivity index (χ3n) is 4.22. The van der Waals surface area contributed by atoms with Crippen LogP contribution in [0.1, 0.15) is 5.56 Å². The number of carbonyl (C=O) groups is 2. The zero-order valence-corrected chi connectivity index (χ0v) is 11.3. The van der Waals surface area contributed by atoms with E-state index in [2.05, 4.69) is 0 Å². The molecule has 0 spiro atoms. The van der Waals surface area contributed by atoms with Gasteiger partial charge in [0.05, 0.1) is 12.3 Å². The first-order valence-electron chi connectivity index (χ1n) is 6.42. The van der Waals surface area contributed by atoms with Gasteiger partial charge in [-0.3, -0.25) is 9.59 Å². The van der Waals surface area contributed by atoms with Crippen LogP contribution in [0.2, 0.25) is 5.02 Å². The Labute approximate surface area is 120 Å². The van der Waals surface area contributed by atoms with Gasteiger partial charge in [0, 0.05) is 23.7 Å². The number of hydrogen-bond acceptors (Lipinski definition) is 2. The molecule has 2 aliphatic rings. The second-order valence-corrected chi connectivity index (χ2v) is 5.77. The third-order valence-corrected chi connectivity index (χ3v) is 4.58. The van der Waals surface area contributed by atoms with E-state index in [1.807, 2.05) is 0 Å². The number of fused-ring (bicyclic) bond motifs is 1. The van der Waals surface area contributed by atoms with Crippen LogP contribution in [0, 0.1) is 23.6 Å². The minimum Gasteiger partial charge on any atom is -0.481 e. The number of halogens is 2. The van der Waals surface area contributed by atoms with Gasteiger partial charge in [0.2, 0.25) is 5.91 Å².